The Morgan fingerprint density at radius 1 is 1.06 bits per heavy atom. The van der Waals surface area contributed by atoms with Gasteiger partial charge in [0.25, 0.3) is 0 Å². The molecule has 0 saturated heterocycles. The molecule has 1 N–H and O–H groups in total. The third kappa shape index (κ3) is 5.38. The summed E-state index contributed by atoms with van der Waals surface area (Å²) in [5.74, 6) is -0.501. The summed E-state index contributed by atoms with van der Waals surface area (Å²) in [5, 5.41) is 4.03. The van der Waals surface area contributed by atoms with E-state index in [4.69, 9.17) is 27.9 Å². The van der Waals surface area contributed by atoms with E-state index in [-0.39, 0.29) is 19.0 Å². The fourth-order valence-electron chi connectivity index (χ4n) is 3.11. The van der Waals surface area contributed by atoms with Crippen molar-refractivity contribution in [1.29, 1.82) is 0 Å². The lowest BCUT2D eigenvalue weighted by atomic mass is 9.94. The van der Waals surface area contributed by atoms with Crippen LogP contribution in [0, 0.1) is 5.41 Å². The van der Waals surface area contributed by atoms with Gasteiger partial charge in [-0.15, -0.1) is 0 Å². The lowest BCUT2D eigenvalue weighted by molar-refractivity contribution is -0.151. The summed E-state index contributed by atoms with van der Waals surface area (Å²) in [6.45, 7) is 3.10. The Labute approximate surface area is 194 Å². The summed E-state index contributed by atoms with van der Waals surface area (Å²) >= 11 is 12.0. The van der Waals surface area contributed by atoms with Gasteiger partial charge in [-0.2, -0.15) is 4.98 Å². The van der Waals surface area contributed by atoms with Crippen molar-refractivity contribution in [3.8, 4) is 0 Å². The molecule has 0 unspecified atom stereocenters. The minimum Gasteiger partial charge on any atom is -0.469 e. The highest BCUT2D eigenvalue weighted by Gasteiger charge is 2.31. The van der Waals surface area contributed by atoms with Gasteiger partial charge >= 0.3 is 17.3 Å². The molecule has 1 heterocycles. The van der Waals surface area contributed by atoms with Crippen molar-refractivity contribution in [2.75, 3.05) is 12.4 Å². The number of nitrogens with one attached hydrogen (secondary N) is 1. The van der Waals surface area contributed by atoms with Gasteiger partial charge in [0, 0.05) is 22.3 Å². The SMILES string of the molecule is COC(=O)C(C)(C)Cn1c(=O)nc(Nc2cccc(Cl)c2)n(Cc2ccc(Cl)cc2)c1=O. The maximum atomic E-state index is 13.4. The van der Waals surface area contributed by atoms with Crippen LogP contribution in [0.25, 0.3) is 0 Å². The fraction of sp³-hybridized carbons (Fsp3) is 0.273. The van der Waals surface area contributed by atoms with E-state index in [9.17, 15) is 14.4 Å². The first kappa shape index (κ1) is 23.6. The van der Waals surface area contributed by atoms with Gasteiger partial charge in [-0.3, -0.25) is 9.36 Å². The smallest absolute Gasteiger partial charge is 0.354 e. The van der Waals surface area contributed by atoms with Crippen LogP contribution in [-0.4, -0.2) is 27.2 Å². The molecule has 0 aliphatic heterocycles. The number of esters is 1. The van der Waals surface area contributed by atoms with E-state index in [2.05, 4.69) is 10.3 Å². The molecule has 0 spiro atoms. The fourth-order valence-corrected chi connectivity index (χ4v) is 3.42. The molecule has 0 bridgehead atoms. The van der Waals surface area contributed by atoms with Crippen molar-refractivity contribution in [3.63, 3.8) is 0 Å². The number of methoxy groups -OCH3 is 1. The molecule has 0 fully saturated rings. The number of hydrogen-bond donors (Lipinski definition) is 1. The zero-order valence-corrected chi connectivity index (χ0v) is 19.3. The standard InChI is InChI=1S/C22H22Cl2N4O4/c1-22(2,18(29)32-3)13-28-20(30)26-19(25-17-6-4-5-16(24)11-17)27(21(28)31)12-14-7-9-15(23)10-8-14/h4-11H,12-13H2,1-3H3,(H,25,26,30). The van der Waals surface area contributed by atoms with E-state index in [1.807, 2.05) is 0 Å². The average Bonchev–Trinajstić information content (AvgIpc) is 2.74. The largest absolute Gasteiger partial charge is 0.469 e. The average molecular weight is 477 g/mol. The first-order valence-corrected chi connectivity index (χ1v) is 10.4. The summed E-state index contributed by atoms with van der Waals surface area (Å²) in [6.07, 6.45) is 0. The lowest BCUT2D eigenvalue weighted by Crippen LogP contribution is -2.46. The maximum absolute atomic E-state index is 13.4. The van der Waals surface area contributed by atoms with Crippen molar-refractivity contribution in [1.82, 2.24) is 14.1 Å². The number of halogens is 2. The monoisotopic (exact) mass is 476 g/mol. The first-order valence-electron chi connectivity index (χ1n) is 9.68. The highest BCUT2D eigenvalue weighted by Crippen LogP contribution is 2.20. The van der Waals surface area contributed by atoms with Crippen LogP contribution in [0.1, 0.15) is 19.4 Å². The van der Waals surface area contributed by atoms with E-state index in [0.717, 1.165) is 10.1 Å². The van der Waals surface area contributed by atoms with Gasteiger partial charge in [-0.25, -0.2) is 14.2 Å². The van der Waals surface area contributed by atoms with Gasteiger partial charge in [-0.1, -0.05) is 41.4 Å². The van der Waals surface area contributed by atoms with Crippen molar-refractivity contribution in [2.45, 2.75) is 26.9 Å². The van der Waals surface area contributed by atoms with Gasteiger partial charge in [0.2, 0.25) is 5.95 Å². The Bertz CT molecular complexity index is 1250. The van der Waals surface area contributed by atoms with E-state index < -0.39 is 22.8 Å². The van der Waals surface area contributed by atoms with E-state index in [1.165, 1.54) is 11.7 Å². The van der Waals surface area contributed by atoms with Crippen molar-refractivity contribution in [2.24, 2.45) is 5.41 Å². The van der Waals surface area contributed by atoms with E-state index in [1.54, 1.807) is 62.4 Å². The third-order valence-corrected chi connectivity index (χ3v) is 5.26. The molecule has 0 saturated carbocycles. The number of aromatic nitrogens is 3. The molecule has 0 atom stereocenters. The van der Waals surface area contributed by atoms with Crippen LogP contribution in [0.4, 0.5) is 11.6 Å². The van der Waals surface area contributed by atoms with Crippen LogP contribution in [0.15, 0.2) is 58.1 Å². The number of nitrogens with zero attached hydrogens (tertiary/aromatic N) is 3. The molecular formula is C22H22Cl2N4O4. The van der Waals surface area contributed by atoms with Gasteiger partial charge in [0.1, 0.15) is 0 Å². The molecule has 8 nitrogen and oxygen atoms in total. The van der Waals surface area contributed by atoms with Gasteiger partial charge in [-0.05, 0) is 49.7 Å². The number of rotatable bonds is 7. The van der Waals surface area contributed by atoms with Crippen LogP contribution in [-0.2, 0) is 22.6 Å². The number of ether oxygens (including phenoxy) is 1. The normalized spacial score (nSPS) is 11.3. The Kier molecular flexibility index (Phi) is 7.06. The van der Waals surface area contributed by atoms with E-state index in [0.29, 0.717) is 15.7 Å². The molecule has 3 rings (SSSR count). The molecule has 10 heteroatoms. The van der Waals surface area contributed by atoms with Crippen LogP contribution in [0.3, 0.4) is 0 Å². The van der Waals surface area contributed by atoms with Gasteiger partial charge in [0.15, 0.2) is 0 Å². The number of anilines is 2. The van der Waals surface area contributed by atoms with Crippen LogP contribution in [0.5, 0.6) is 0 Å². The number of carbonyl (C=O) groups is 1. The van der Waals surface area contributed by atoms with Gasteiger partial charge in [0.05, 0.1) is 19.1 Å². The second-order valence-corrected chi connectivity index (χ2v) is 8.68. The van der Waals surface area contributed by atoms with Crippen LogP contribution in [0.2, 0.25) is 10.0 Å². The van der Waals surface area contributed by atoms with Crippen molar-refractivity contribution in [3.05, 3.63) is 85.1 Å². The molecule has 168 valence electrons. The Morgan fingerprint density at radius 3 is 2.38 bits per heavy atom. The number of hydrogen-bond acceptors (Lipinski definition) is 6. The second kappa shape index (κ2) is 9.58. The molecular weight excluding hydrogens is 455 g/mol. The molecule has 0 radical (unpaired) electrons. The summed E-state index contributed by atoms with van der Waals surface area (Å²) in [6, 6.07) is 13.8. The molecule has 3 aromatic rings. The quantitative estimate of drug-likeness (QED) is 0.522. The lowest BCUT2D eigenvalue weighted by Gasteiger charge is -2.23. The van der Waals surface area contributed by atoms with Crippen LogP contribution >= 0.6 is 23.2 Å². The highest BCUT2D eigenvalue weighted by atomic mass is 35.5. The molecule has 2 aromatic carbocycles. The summed E-state index contributed by atoms with van der Waals surface area (Å²) in [5.41, 5.74) is -1.20. The summed E-state index contributed by atoms with van der Waals surface area (Å²) in [7, 11) is 1.25. The zero-order valence-electron chi connectivity index (χ0n) is 17.8. The predicted octanol–water partition coefficient (Wildman–Crippen LogP) is 3.70. The molecule has 0 aliphatic rings. The third-order valence-electron chi connectivity index (χ3n) is 4.78. The molecule has 0 amide bonds. The molecule has 0 aliphatic carbocycles. The predicted molar refractivity (Wildman–Crippen MR) is 124 cm³/mol. The molecule has 1 aromatic heterocycles. The van der Waals surface area contributed by atoms with Gasteiger partial charge < -0.3 is 10.1 Å². The highest BCUT2D eigenvalue weighted by molar-refractivity contribution is 6.31. The Morgan fingerprint density at radius 2 is 1.75 bits per heavy atom. The summed E-state index contributed by atoms with van der Waals surface area (Å²) < 4.78 is 7.04. The minimum atomic E-state index is -1.11. The Balaban J connectivity index is 2.11. The van der Waals surface area contributed by atoms with E-state index >= 15 is 0 Å². The number of benzene rings is 2. The zero-order chi connectivity index (χ0) is 23.5. The first-order chi connectivity index (χ1) is 15.1. The van der Waals surface area contributed by atoms with Crippen LogP contribution < -0.4 is 16.7 Å². The maximum Gasteiger partial charge on any atom is 0.354 e. The minimum absolute atomic E-state index is 0.0457. The topological polar surface area (TPSA) is 95.2 Å². The second-order valence-electron chi connectivity index (χ2n) is 7.81. The van der Waals surface area contributed by atoms with Crippen molar-refractivity contribution >= 4 is 40.8 Å². The number of carbonyl (C=O) groups excluding carboxylic acids is 1. The summed E-state index contributed by atoms with van der Waals surface area (Å²) in [4.78, 5) is 42.3. The van der Waals surface area contributed by atoms with Crippen molar-refractivity contribution < 1.29 is 9.53 Å². The Hall–Kier alpha value is -3.10. The molecule has 32 heavy (non-hydrogen) atoms.